The summed E-state index contributed by atoms with van der Waals surface area (Å²) in [5.74, 6) is -1.18. The van der Waals surface area contributed by atoms with Gasteiger partial charge in [0.1, 0.15) is 12.1 Å². The van der Waals surface area contributed by atoms with E-state index in [2.05, 4.69) is 5.32 Å². The van der Waals surface area contributed by atoms with Crippen LogP contribution in [0.4, 0.5) is 0 Å². The highest BCUT2D eigenvalue weighted by Crippen LogP contribution is 2.08. The molecular formula is C12H27NO8. The lowest BCUT2D eigenvalue weighted by Gasteiger charge is -2.27. The van der Waals surface area contributed by atoms with E-state index in [0.717, 1.165) is 0 Å². The van der Waals surface area contributed by atoms with Gasteiger partial charge in [-0.2, -0.15) is 0 Å². The highest BCUT2D eigenvalue weighted by molar-refractivity contribution is 5.73. The molecule has 0 aliphatic carbocycles. The Bertz CT molecular complexity index is 262. The van der Waals surface area contributed by atoms with E-state index in [0.29, 0.717) is 0 Å². The van der Waals surface area contributed by atoms with Crippen LogP contribution in [0.3, 0.4) is 0 Å². The maximum absolute atomic E-state index is 10.7. The Labute approximate surface area is 124 Å². The fraction of sp³-hybridized carbons (Fsp3) is 0.917. The average molecular weight is 313 g/mol. The minimum absolute atomic E-state index is 0.383. The Morgan fingerprint density at radius 2 is 1.76 bits per heavy atom. The maximum Gasteiger partial charge on any atom is 0.323 e. The van der Waals surface area contributed by atoms with Crippen LogP contribution in [-0.2, 0) is 14.3 Å². The Morgan fingerprint density at radius 3 is 2.05 bits per heavy atom. The summed E-state index contributed by atoms with van der Waals surface area (Å²) in [6.07, 6.45) is -5.76. The number of nitrogens with one attached hydrogen (secondary N) is 1. The number of carboxylic acids is 1. The summed E-state index contributed by atoms with van der Waals surface area (Å²) in [4.78, 5) is 10.7. The number of likely N-dealkylation sites (N-methyl/N-ethyl adjacent to an activating group) is 1. The SMILES string of the molecule is CC.CNC(COC(OC(CO)C(C)O)C(O)O)C(=O)O. The van der Waals surface area contributed by atoms with Gasteiger partial charge < -0.3 is 40.3 Å². The molecule has 0 aromatic heterocycles. The van der Waals surface area contributed by atoms with Gasteiger partial charge in [-0.25, -0.2) is 0 Å². The highest BCUT2D eigenvalue weighted by Gasteiger charge is 2.27. The van der Waals surface area contributed by atoms with Crippen LogP contribution in [0.5, 0.6) is 0 Å². The first-order valence-corrected chi connectivity index (χ1v) is 6.65. The van der Waals surface area contributed by atoms with Gasteiger partial charge in [0.25, 0.3) is 0 Å². The molecule has 0 saturated carbocycles. The molecule has 0 radical (unpaired) electrons. The van der Waals surface area contributed by atoms with Crippen LogP contribution in [0, 0.1) is 0 Å². The third-order valence-corrected chi connectivity index (χ3v) is 2.34. The van der Waals surface area contributed by atoms with Crippen LogP contribution >= 0.6 is 0 Å². The Hall–Kier alpha value is -0.810. The number of carbonyl (C=O) groups is 1. The monoisotopic (exact) mass is 313 g/mol. The van der Waals surface area contributed by atoms with Gasteiger partial charge in [-0.15, -0.1) is 0 Å². The molecule has 0 amide bonds. The predicted octanol–water partition coefficient (Wildman–Crippen LogP) is -1.90. The van der Waals surface area contributed by atoms with Crippen molar-refractivity contribution in [3.8, 4) is 0 Å². The van der Waals surface area contributed by atoms with Gasteiger partial charge in [0.2, 0.25) is 12.6 Å². The molecule has 0 fully saturated rings. The Kier molecular flexibility index (Phi) is 13.8. The number of aliphatic hydroxyl groups is 4. The second-order valence-electron chi connectivity index (χ2n) is 3.89. The minimum atomic E-state index is -2.04. The Morgan fingerprint density at radius 1 is 1.24 bits per heavy atom. The molecule has 9 heteroatoms. The van der Waals surface area contributed by atoms with Crippen molar-refractivity contribution in [2.24, 2.45) is 0 Å². The highest BCUT2D eigenvalue weighted by atomic mass is 16.7. The number of ether oxygens (including phenoxy) is 2. The summed E-state index contributed by atoms with van der Waals surface area (Å²) >= 11 is 0. The topological polar surface area (TPSA) is 149 Å². The van der Waals surface area contributed by atoms with E-state index in [1.165, 1.54) is 14.0 Å². The number of hydrogen-bond donors (Lipinski definition) is 6. The number of carboxylic acid groups (broad SMARTS) is 1. The molecule has 0 rings (SSSR count). The van der Waals surface area contributed by atoms with Crippen LogP contribution in [0.2, 0.25) is 0 Å². The van der Waals surface area contributed by atoms with Crippen LogP contribution < -0.4 is 5.32 Å². The lowest BCUT2D eigenvalue weighted by molar-refractivity contribution is -0.281. The van der Waals surface area contributed by atoms with E-state index in [-0.39, 0.29) is 6.61 Å². The first kappa shape index (κ1) is 22.5. The van der Waals surface area contributed by atoms with E-state index in [9.17, 15) is 9.90 Å². The van der Waals surface area contributed by atoms with Crippen molar-refractivity contribution in [1.82, 2.24) is 5.32 Å². The van der Waals surface area contributed by atoms with Gasteiger partial charge in [0.05, 0.1) is 19.3 Å². The summed E-state index contributed by atoms with van der Waals surface area (Å²) in [6, 6.07) is -1.05. The molecule has 9 nitrogen and oxygen atoms in total. The van der Waals surface area contributed by atoms with Gasteiger partial charge in [-0.3, -0.25) is 4.79 Å². The van der Waals surface area contributed by atoms with Crippen molar-refractivity contribution in [2.75, 3.05) is 20.3 Å². The third kappa shape index (κ3) is 9.69. The lowest BCUT2D eigenvalue weighted by Crippen LogP contribution is -2.45. The third-order valence-electron chi connectivity index (χ3n) is 2.34. The van der Waals surface area contributed by atoms with E-state index in [1.54, 1.807) is 0 Å². The average Bonchev–Trinajstić information content (AvgIpc) is 2.43. The van der Waals surface area contributed by atoms with Gasteiger partial charge in [-0.1, -0.05) is 13.8 Å². The lowest BCUT2D eigenvalue weighted by atomic mass is 10.2. The zero-order valence-corrected chi connectivity index (χ0v) is 12.8. The van der Waals surface area contributed by atoms with Gasteiger partial charge >= 0.3 is 5.97 Å². The van der Waals surface area contributed by atoms with Crippen molar-refractivity contribution < 1.29 is 39.8 Å². The Balaban J connectivity index is 0. The van der Waals surface area contributed by atoms with Crippen molar-refractivity contribution in [2.45, 2.75) is 51.6 Å². The summed E-state index contributed by atoms with van der Waals surface area (Å²) in [5.41, 5.74) is 0. The molecule has 0 saturated heterocycles. The summed E-state index contributed by atoms with van der Waals surface area (Å²) in [7, 11) is 1.40. The standard InChI is InChI=1S/C10H21NO8.C2H6/c1-5(13)7(3-12)19-10(9(16)17)18-4-6(11-2)8(14)15;1-2/h5-7,9-13,16-17H,3-4H2,1-2H3,(H,14,15);1-2H3. The predicted molar refractivity (Wildman–Crippen MR) is 73.4 cm³/mol. The minimum Gasteiger partial charge on any atom is -0.480 e. The largest absolute Gasteiger partial charge is 0.480 e. The number of rotatable bonds is 10. The van der Waals surface area contributed by atoms with Crippen molar-refractivity contribution in [1.29, 1.82) is 0 Å². The van der Waals surface area contributed by atoms with Gasteiger partial charge in [0.15, 0.2) is 0 Å². The normalized spacial score (nSPS) is 16.6. The molecule has 0 aliphatic rings. The molecular weight excluding hydrogens is 286 g/mol. The van der Waals surface area contributed by atoms with E-state index in [4.69, 9.17) is 29.9 Å². The quantitative estimate of drug-likeness (QED) is 0.254. The smallest absolute Gasteiger partial charge is 0.323 e. The van der Waals surface area contributed by atoms with Crippen LogP contribution in [-0.4, -0.2) is 82.6 Å². The molecule has 0 bridgehead atoms. The maximum atomic E-state index is 10.7. The van der Waals surface area contributed by atoms with E-state index < -0.39 is 43.4 Å². The van der Waals surface area contributed by atoms with E-state index >= 15 is 0 Å². The molecule has 4 atom stereocenters. The second kappa shape index (κ2) is 12.9. The first-order chi connectivity index (χ1) is 9.83. The second-order valence-corrected chi connectivity index (χ2v) is 3.89. The van der Waals surface area contributed by atoms with Crippen LogP contribution in [0.15, 0.2) is 0 Å². The fourth-order valence-electron chi connectivity index (χ4n) is 1.15. The molecule has 0 spiro atoms. The van der Waals surface area contributed by atoms with Crippen molar-refractivity contribution in [3.63, 3.8) is 0 Å². The van der Waals surface area contributed by atoms with Crippen molar-refractivity contribution in [3.05, 3.63) is 0 Å². The molecule has 0 heterocycles. The first-order valence-electron chi connectivity index (χ1n) is 6.65. The zero-order valence-electron chi connectivity index (χ0n) is 12.8. The molecule has 0 aliphatic heterocycles. The summed E-state index contributed by atoms with van der Waals surface area (Å²) in [5, 5.41) is 47.4. The molecule has 21 heavy (non-hydrogen) atoms. The van der Waals surface area contributed by atoms with Crippen LogP contribution in [0.1, 0.15) is 20.8 Å². The van der Waals surface area contributed by atoms with Crippen LogP contribution in [0.25, 0.3) is 0 Å². The van der Waals surface area contributed by atoms with Gasteiger partial charge in [-0.05, 0) is 14.0 Å². The molecule has 4 unspecified atom stereocenters. The summed E-state index contributed by atoms with van der Waals surface area (Å²) < 4.78 is 9.87. The van der Waals surface area contributed by atoms with E-state index in [1.807, 2.05) is 13.8 Å². The number of hydrogen-bond acceptors (Lipinski definition) is 8. The molecule has 6 N–H and O–H groups in total. The molecule has 0 aromatic rings. The van der Waals surface area contributed by atoms with Gasteiger partial charge in [0, 0.05) is 0 Å². The summed E-state index contributed by atoms with van der Waals surface area (Å²) in [6.45, 7) is 4.40. The molecule has 128 valence electrons. The molecule has 0 aromatic carbocycles. The number of aliphatic carboxylic acids is 1. The zero-order chi connectivity index (χ0) is 17.0. The van der Waals surface area contributed by atoms with Crippen molar-refractivity contribution >= 4 is 5.97 Å². The fourth-order valence-corrected chi connectivity index (χ4v) is 1.15. The number of aliphatic hydroxyl groups excluding tert-OH is 3.